The lowest BCUT2D eigenvalue weighted by molar-refractivity contribution is 1.12. The lowest BCUT2D eigenvalue weighted by atomic mass is 9.84. The van der Waals surface area contributed by atoms with E-state index >= 15 is 0 Å². The summed E-state index contributed by atoms with van der Waals surface area (Å²) in [4.78, 5) is 0. The Labute approximate surface area is 343 Å². The molecule has 0 atom stereocenters. The van der Waals surface area contributed by atoms with E-state index in [1.54, 1.807) is 10.4 Å². The van der Waals surface area contributed by atoms with E-state index in [9.17, 15) is 0 Å². The monoisotopic (exact) mass is 776 g/mol. The maximum atomic E-state index is 2.56. The fourth-order valence-electron chi connectivity index (χ4n) is 10.8. The Bertz CT molecular complexity index is 3390. The van der Waals surface area contributed by atoms with Crippen LogP contribution >= 0.6 is 0 Å². The van der Waals surface area contributed by atoms with Crippen LogP contribution in [0.3, 0.4) is 0 Å². The maximum Gasteiger partial charge on any atom is 0.0792 e. The molecule has 0 nitrogen and oxygen atoms in total. The Kier molecular flexibility index (Phi) is 7.83. The zero-order valence-electron chi connectivity index (χ0n) is 34.4. The first-order chi connectivity index (χ1) is 28.1. The smallest absolute Gasteiger partial charge is 0.0764 e. The van der Waals surface area contributed by atoms with Crippen LogP contribution in [0.4, 0.5) is 0 Å². The highest BCUT2D eigenvalue weighted by atomic mass is 28.3. The summed E-state index contributed by atoms with van der Waals surface area (Å²) in [7, 11) is -3.47. The summed E-state index contributed by atoms with van der Waals surface area (Å²) in [6, 6.07) is 56.1. The molecular formula is C56H48Si2. The molecule has 0 N–H and O–H groups in total. The molecule has 0 aliphatic heterocycles. The zero-order chi connectivity index (χ0) is 39.5. The predicted octanol–water partition coefficient (Wildman–Crippen LogP) is 13.5. The van der Waals surface area contributed by atoms with Gasteiger partial charge in [0.2, 0.25) is 0 Å². The first-order valence-electron chi connectivity index (χ1n) is 21.1. The molecule has 0 fully saturated rings. The molecule has 0 saturated heterocycles. The average molecular weight is 777 g/mol. The molecule has 10 aromatic carbocycles. The fraction of sp³-hybridized carbons (Fsp3) is 0.143. The van der Waals surface area contributed by atoms with Gasteiger partial charge in [0.1, 0.15) is 0 Å². The third-order valence-electron chi connectivity index (χ3n) is 12.9. The lowest BCUT2D eigenvalue weighted by Crippen LogP contribution is -2.54. The number of hydrogen-bond donors (Lipinski definition) is 0. The summed E-state index contributed by atoms with van der Waals surface area (Å²) in [5.41, 5.74) is 7.83. The number of benzene rings is 10. The van der Waals surface area contributed by atoms with Gasteiger partial charge in [0.05, 0.1) is 16.1 Å². The summed E-state index contributed by atoms with van der Waals surface area (Å²) in [5, 5.41) is 22.3. The molecule has 0 heterocycles. The molecule has 58 heavy (non-hydrogen) atoms. The van der Waals surface area contributed by atoms with Crippen molar-refractivity contribution in [2.45, 2.75) is 52.1 Å². The molecular weight excluding hydrogens is 729 g/mol. The van der Waals surface area contributed by atoms with Crippen molar-refractivity contribution in [1.29, 1.82) is 0 Å². The minimum absolute atomic E-state index is 1.07. The van der Waals surface area contributed by atoms with Gasteiger partial charge in [0, 0.05) is 0 Å². The summed E-state index contributed by atoms with van der Waals surface area (Å²) in [6.45, 7) is 15.1. The maximum absolute atomic E-state index is 2.56. The summed E-state index contributed by atoms with van der Waals surface area (Å²) >= 11 is 0. The Balaban J connectivity index is 1.32. The minimum atomic E-state index is -1.75. The molecule has 1 aliphatic rings. The molecule has 1 aliphatic carbocycles. The van der Waals surface area contributed by atoms with Crippen molar-refractivity contribution < 1.29 is 0 Å². The van der Waals surface area contributed by atoms with E-state index in [2.05, 4.69) is 197 Å². The highest BCUT2D eigenvalue weighted by Crippen LogP contribution is 2.44. The second-order valence-electron chi connectivity index (χ2n) is 18.7. The van der Waals surface area contributed by atoms with Crippen LogP contribution in [0.2, 0.25) is 39.3 Å². The lowest BCUT2D eigenvalue weighted by Gasteiger charge is -2.26. The van der Waals surface area contributed by atoms with Crippen molar-refractivity contribution >= 4 is 103 Å². The topological polar surface area (TPSA) is 0 Å². The van der Waals surface area contributed by atoms with Crippen LogP contribution in [-0.4, -0.2) is 16.1 Å². The molecule has 0 radical (unpaired) electrons. The molecule has 0 saturated carbocycles. The van der Waals surface area contributed by atoms with Gasteiger partial charge in [-0.25, -0.2) is 0 Å². The van der Waals surface area contributed by atoms with Gasteiger partial charge < -0.3 is 0 Å². The average Bonchev–Trinajstić information content (AvgIpc) is 3.22. The van der Waals surface area contributed by atoms with Crippen LogP contribution in [0, 0.1) is 0 Å². The van der Waals surface area contributed by atoms with Gasteiger partial charge in [-0.2, -0.15) is 0 Å². The number of fused-ring (bicyclic) bond motifs is 4. The van der Waals surface area contributed by atoms with Crippen LogP contribution in [0.15, 0.2) is 146 Å². The molecule has 11 rings (SSSR count). The van der Waals surface area contributed by atoms with Crippen molar-refractivity contribution in [2.24, 2.45) is 0 Å². The van der Waals surface area contributed by atoms with E-state index in [4.69, 9.17) is 0 Å². The summed E-state index contributed by atoms with van der Waals surface area (Å²) < 4.78 is 0. The van der Waals surface area contributed by atoms with Crippen LogP contribution in [0.1, 0.15) is 12.8 Å². The largest absolute Gasteiger partial charge is 0.0792 e. The van der Waals surface area contributed by atoms with E-state index in [1.807, 2.05) is 0 Å². The number of hydrogen-bond acceptors (Lipinski definition) is 0. The first-order valence-corrected chi connectivity index (χ1v) is 28.1. The van der Waals surface area contributed by atoms with Crippen LogP contribution in [0.25, 0.3) is 110 Å². The Morgan fingerprint density at radius 2 is 0.793 bits per heavy atom. The van der Waals surface area contributed by atoms with E-state index in [-0.39, 0.29) is 0 Å². The highest BCUT2D eigenvalue weighted by molar-refractivity contribution is 6.92. The molecule has 10 aromatic rings. The molecule has 0 spiro atoms. The van der Waals surface area contributed by atoms with Gasteiger partial charge in [-0.1, -0.05) is 179 Å². The fourth-order valence-corrected chi connectivity index (χ4v) is 14.9. The van der Waals surface area contributed by atoms with E-state index in [0.29, 0.717) is 0 Å². The minimum Gasteiger partial charge on any atom is -0.0764 e. The van der Waals surface area contributed by atoms with Gasteiger partial charge in [-0.3, -0.25) is 0 Å². The van der Waals surface area contributed by atoms with Crippen LogP contribution in [-0.2, 0) is 0 Å². The Hall–Kier alpha value is -5.81. The van der Waals surface area contributed by atoms with E-state index in [0.717, 1.165) is 12.8 Å². The molecule has 280 valence electrons. The van der Waals surface area contributed by atoms with Crippen molar-refractivity contribution in [1.82, 2.24) is 0 Å². The third-order valence-corrected chi connectivity index (χ3v) is 17.0. The molecule has 0 unspecified atom stereocenters. The second-order valence-corrected chi connectivity index (χ2v) is 28.7. The molecule has 0 amide bonds. The SMILES string of the molecule is C[Si](C)(C)c1c2c(c(-c3cc(-c4c5ccccc5c([Si](C)(C)C)c5ccccc45)cc(-c4ccc5ccc6cccc7ccc4c5c67)c3)c3ccccc13)=CCCC=2. The van der Waals surface area contributed by atoms with Crippen molar-refractivity contribution in [2.75, 3.05) is 0 Å². The second kappa shape index (κ2) is 12.8. The van der Waals surface area contributed by atoms with Gasteiger partial charge in [0.25, 0.3) is 0 Å². The number of rotatable bonds is 5. The third kappa shape index (κ3) is 5.31. The normalized spacial score (nSPS) is 13.5. The van der Waals surface area contributed by atoms with Gasteiger partial charge in [-0.15, -0.1) is 0 Å². The molecule has 0 aromatic heterocycles. The highest BCUT2D eigenvalue weighted by Gasteiger charge is 2.27. The van der Waals surface area contributed by atoms with Crippen molar-refractivity contribution in [3.05, 3.63) is 156 Å². The quantitative estimate of drug-likeness (QED) is 0.0928. The Morgan fingerprint density at radius 1 is 0.345 bits per heavy atom. The standard InChI is InChI=1S/C56H48Si2/c1-57(2,3)55-47-22-11-7-18-42(47)52(43-19-8-12-23-48(43)55)39-32-38(41-30-28-37-27-26-35-16-15-17-36-29-31-46(41)54(37)51(35)36)33-40(34-39)53-44-20-9-13-24-49(44)56(58(4,5)6)50-25-14-10-21-45(50)53/h7-9,11-13,15-34H,10,14H2,1-6H3. The zero-order valence-corrected chi connectivity index (χ0v) is 36.4. The van der Waals surface area contributed by atoms with Crippen LogP contribution in [0.5, 0.6) is 0 Å². The van der Waals surface area contributed by atoms with Gasteiger partial charge in [0.15, 0.2) is 0 Å². The summed E-state index contributed by atoms with van der Waals surface area (Å²) in [6.07, 6.45) is 7.27. The van der Waals surface area contributed by atoms with Gasteiger partial charge in [-0.05, 0) is 150 Å². The van der Waals surface area contributed by atoms with Crippen molar-refractivity contribution in [3.63, 3.8) is 0 Å². The van der Waals surface area contributed by atoms with E-state index in [1.165, 1.54) is 108 Å². The van der Waals surface area contributed by atoms with Crippen molar-refractivity contribution in [3.8, 4) is 33.4 Å². The van der Waals surface area contributed by atoms with Crippen LogP contribution < -0.4 is 20.8 Å². The first kappa shape index (κ1) is 35.4. The predicted molar refractivity (Wildman–Crippen MR) is 262 cm³/mol. The van der Waals surface area contributed by atoms with Gasteiger partial charge >= 0.3 is 0 Å². The Morgan fingerprint density at radius 3 is 1.38 bits per heavy atom. The van der Waals surface area contributed by atoms with E-state index < -0.39 is 16.1 Å². The summed E-state index contributed by atoms with van der Waals surface area (Å²) in [5.74, 6) is 0. The molecule has 0 bridgehead atoms. The molecule has 2 heteroatoms.